The molecule has 0 radical (unpaired) electrons. The molecular weight excluding hydrogens is 272 g/mol. The second-order valence-electron chi connectivity index (χ2n) is 4.40. The third-order valence-corrected chi connectivity index (χ3v) is 3.40. The van der Waals surface area contributed by atoms with Gasteiger partial charge in [-0.05, 0) is 18.6 Å². The van der Waals surface area contributed by atoms with Crippen molar-refractivity contribution in [3.63, 3.8) is 0 Å². The maximum absolute atomic E-state index is 9.21. The smallest absolute Gasteiger partial charge is 0.140 e. The summed E-state index contributed by atoms with van der Waals surface area (Å²) in [5.74, 6) is 0.745. The molecule has 0 unspecified atom stereocenters. The van der Waals surface area contributed by atoms with Crippen LogP contribution in [0.1, 0.15) is 24.5 Å². The predicted molar refractivity (Wildman–Crippen MR) is 80.3 cm³/mol. The SMILES string of the molecule is CCCc1c(Cl)ncnc1N(C)c1ccccc1C#N. The van der Waals surface area contributed by atoms with Gasteiger partial charge in [0.25, 0.3) is 0 Å². The van der Waals surface area contributed by atoms with Crippen LogP contribution < -0.4 is 4.90 Å². The molecule has 1 aromatic heterocycles. The van der Waals surface area contributed by atoms with Crippen LogP contribution in [0, 0.1) is 11.3 Å². The summed E-state index contributed by atoms with van der Waals surface area (Å²) >= 11 is 6.17. The molecule has 0 saturated heterocycles. The van der Waals surface area contributed by atoms with Gasteiger partial charge in [-0.15, -0.1) is 0 Å². The Balaban J connectivity index is 2.51. The topological polar surface area (TPSA) is 52.8 Å². The molecular formula is C15H15ClN4. The van der Waals surface area contributed by atoms with Crippen molar-refractivity contribution >= 4 is 23.1 Å². The maximum atomic E-state index is 9.21. The number of anilines is 2. The number of nitriles is 1. The van der Waals surface area contributed by atoms with Crippen LogP contribution in [0.15, 0.2) is 30.6 Å². The van der Waals surface area contributed by atoms with Gasteiger partial charge in [0.05, 0.1) is 11.3 Å². The van der Waals surface area contributed by atoms with E-state index in [4.69, 9.17) is 11.6 Å². The maximum Gasteiger partial charge on any atom is 0.140 e. The van der Waals surface area contributed by atoms with E-state index in [9.17, 15) is 5.26 Å². The van der Waals surface area contributed by atoms with E-state index in [1.807, 2.05) is 30.1 Å². The van der Waals surface area contributed by atoms with Crippen LogP contribution in [0.25, 0.3) is 0 Å². The van der Waals surface area contributed by atoms with E-state index in [2.05, 4.69) is 23.0 Å². The molecule has 2 rings (SSSR count). The normalized spacial score (nSPS) is 10.1. The van der Waals surface area contributed by atoms with E-state index in [0.29, 0.717) is 10.7 Å². The molecule has 20 heavy (non-hydrogen) atoms. The fourth-order valence-corrected chi connectivity index (χ4v) is 2.33. The number of para-hydroxylation sites is 1. The van der Waals surface area contributed by atoms with Gasteiger partial charge in [-0.25, -0.2) is 9.97 Å². The molecule has 0 atom stereocenters. The monoisotopic (exact) mass is 286 g/mol. The van der Waals surface area contributed by atoms with E-state index in [-0.39, 0.29) is 0 Å². The number of nitrogens with zero attached hydrogens (tertiary/aromatic N) is 4. The van der Waals surface area contributed by atoms with Crippen molar-refractivity contribution in [1.29, 1.82) is 5.26 Å². The highest BCUT2D eigenvalue weighted by Gasteiger charge is 2.16. The van der Waals surface area contributed by atoms with Crippen molar-refractivity contribution in [2.45, 2.75) is 19.8 Å². The Bertz CT molecular complexity index is 649. The molecule has 0 spiro atoms. The zero-order chi connectivity index (χ0) is 14.5. The number of hydrogen-bond donors (Lipinski definition) is 0. The van der Waals surface area contributed by atoms with Crippen molar-refractivity contribution in [3.05, 3.63) is 46.9 Å². The third kappa shape index (κ3) is 2.73. The number of benzene rings is 1. The largest absolute Gasteiger partial charge is 0.328 e. The van der Waals surface area contributed by atoms with Gasteiger partial charge in [-0.1, -0.05) is 37.1 Å². The fraction of sp³-hybridized carbons (Fsp3) is 0.267. The number of rotatable bonds is 4. The highest BCUT2D eigenvalue weighted by Crippen LogP contribution is 2.30. The van der Waals surface area contributed by atoms with E-state index >= 15 is 0 Å². The average molecular weight is 287 g/mol. The highest BCUT2D eigenvalue weighted by atomic mass is 35.5. The lowest BCUT2D eigenvalue weighted by atomic mass is 10.1. The molecule has 0 saturated carbocycles. The molecule has 102 valence electrons. The Morgan fingerprint density at radius 3 is 2.75 bits per heavy atom. The first-order chi connectivity index (χ1) is 9.69. The molecule has 4 nitrogen and oxygen atoms in total. The summed E-state index contributed by atoms with van der Waals surface area (Å²) in [6, 6.07) is 9.61. The number of aromatic nitrogens is 2. The van der Waals surface area contributed by atoms with Crippen LogP contribution >= 0.6 is 11.6 Å². The summed E-state index contributed by atoms with van der Waals surface area (Å²) < 4.78 is 0. The lowest BCUT2D eigenvalue weighted by Gasteiger charge is -2.22. The van der Waals surface area contributed by atoms with Gasteiger partial charge in [-0.3, -0.25) is 0 Å². The van der Waals surface area contributed by atoms with Gasteiger partial charge in [0.15, 0.2) is 0 Å². The van der Waals surface area contributed by atoms with Gasteiger partial charge in [0.2, 0.25) is 0 Å². The molecule has 0 amide bonds. The first kappa shape index (κ1) is 14.3. The molecule has 0 aliphatic heterocycles. The van der Waals surface area contributed by atoms with Gasteiger partial charge < -0.3 is 4.90 Å². The zero-order valence-electron chi connectivity index (χ0n) is 11.5. The molecule has 0 aliphatic rings. The summed E-state index contributed by atoms with van der Waals surface area (Å²) in [6.07, 6.45) is 3.20. The van der Waals surface area contributed by atoms with Crippen LogP contribution in [0.2, 0.25) is 5.15 Å². The summed E-state index contributed by atoms with van der Waals surface area (Å²) in [6.45, 7) is 2.08. The molecule has 1 aromatic carbocycles. The van der Waals surface area contributed by atoms with Crippen molar-refractivity contribution in [2.24, 2.45) is 0 Å². The standard InChI is InChI=1S/C15H15ClN4/c1-3-6-12-14(16)18-10-19-15(12)20(2)13-8-5-4-7-11(13)9-17/h4-5,7-8,10H,3,6H2,1-2H3. The molecule has 0 N–H and O–H groups in total. The first-order valence-corrected chi connectivity index (χ1v) is 6.79. The molecule has 0 bridgehead atoms. The van der Waals surface area contributed by atoms with Crippen LogP contribution in [0.3, 0.4) is 0 Å². The summed E-state index contributed by atoms with van der Waals surface area (Å²) in [5.41, 5.74) is 2.32. The predicted octanol–water partition coefficient (Wildman–Crippen LogP) is 3.72. The Labute approximate surface area is 123 Å². The number of halogens is 1. The van der Waals surface area contributed by atoms with E-state index in [1.165, 1.54) is 6.33 Å². The number of hydrogen-bond acceptors (Lipinski definition) is 4. The summed E-state index contributed by atoms with van der Waals surface area (Å²) in [4.78, 5) is 10.3. The molecule has 0 fully saturated rings. The Morgan fingerprint density at radius 1 is 1.30 bits per heavy atom. The van der Waals surface area contributed by atoms with E-state index in [0.717, 1.165) is 29.9 Å². The van der Waals surface area contributed by atoms with Crippen LogP contribution in [-0.4, -0.2) is 17.0 Å². The minimum Gasteiger partial charge on any atom is -0.328 e. The van der Waals surface area contributed by atoms with Crippen LogP contribution in [-0.2, 0) is 6.42 Å². The Hall–Kier alpha value is -2.12. The van der Waals surface area contributed by atoms with Gasteiger partial charge in [0.1, 0.15) is 23.4 Å². The van der Waals surface area contributed by atoms with Gasteiger partial charge >= 0.3 is 0 Å². The lowest BCUT2D eigenvalue weighted by molar-refractivity contribution is 0.891. The fourth-order valence-electron chi connectivity index (χ4n) is 2.11. The third-order valence-electron chi connectivity index (χ3n) is 3.07. The summed E-state index contributed by atoms with van der Waals surface area (Å²) in [7, 11) is 1.88. The molecule has 2 aromatic rings. The average Bonchev–Trinajstić information content (AvgIpc) is 2.48. The van der Waals surface area contributed by atoms with Gasteiger partial charge in [-0.2, -0.15) is 5.26 Å². The lowest BCUT2D eigenvalue weighted by Crippen LogP contribution is -2.15. The Morgan fingerprint density at radius 2 is 2.05 bits per heavy atom. The zero-order valence-corrected chi connectivity index (χ0v) is 12.2. The highest BCUT2D eigenvalue weighted by molar-refractivity contribution is 6.30. The second-order valence-corrected chi connectivity index (χ2v) is 4.76. The Kier molecular flexibility index (Phi) is 4.54. The van der Waals surface area contributed by atoms with Crippen molar-refractivity contribution in [2.75, 3.05) is 11.9 Å². The van der Waals surface area contributed by atoms with Crippen LogP contribution in [0.4, 0.5) is 11.5 Å². The summed E-state index contributed by atoms with van der Waals surface area (Å²) in [5, 5.41) is 9.68. The van der Waals surface area contributed by atoms with Crippen LogP contribution in [0.5, 0.6) is 0 Å². The quantitative estimate of drug-likeness (QED) is 0.804. The van der Waals surface area contributed by atoms with E-state index in [1.54, 1.807) is 6.07 Å². The molecule has 5 heteroatoms. The first-order valence-electron chi connectivity index (χ1n) is 6.41. The van der Waals surface area contributed by atoms with Crippen molar-refractivity contribution < 1.29 is 0 Å². The minimum atomic E-state index is 0.470. The van der Waals surface area contributed by atoms with E-state index < -0.39 is 0 Å². The van der Waals surface area contributed by atoms with Crippen molar-refractivity contribution in [3.8, 4) is 6.07 Å². The molecule has 0 aliphatic carbocycles. The minimum absolute atomic E-state index is 0.470. The second kappa shape index (κ2) is 6.36. The van der Waals surface area contributed by atoms with Gasteiger partial charge in [0, 0.05) is 12.6 Å². The van der Waals surface area contributed by atoms with Crippen molar-refractivity contribution in [1.82, 2.24) is 9.97 Å². The molecule has 1 heterocycles.